The van der Waals surface area contributed by atoms with E-state index in [1.807, 2.05) is 0 Å². The molecule has 4 nitrogen and oxygen atoms in total. The number of nitrogens with one attached hydrogen (secondary N) is 1. The van der Waals surface area contributed by atoms with E-state index in [0.717, 1.165) is 0 Å². The smallest absolute Gasteiger partial charge is 0.149 e. The van der Waals surface area contributed by atoms with Crippen molar-refractivity contribution in [3.8, 4) is 0 Å². The largest absolute Gasteiger partial charge is 0.379 e. The van der Waals surface area contributed by atoms with Gasteiger partial charge in [0.15, 0.2) is 0 Å². The van der Waals surface area contributed by atoms with Crippen LogP contribution < -0.4 is 5.32 Å². The second-order valence-corrected chi connectivity index (χ2v) is 2.47. The van der Waals surface area contributed by atoms with Crippen LogP contribution in [0, 0.1) is 4.91 Å². The van der Waals surface area contributed by atoms with Crippen LogP contribution in [-0.2, 0) is 0 Å². The lowest BCUT2D eigenvalue weighted by Crippen LogP contribution is -2.42. The van der Waals surface area contributed by atoms with Crippen LogP contribution in [0.1, 0.15) is 20.8 Å². The van der Waals surface area contributed by atoms with Crippen LogP contribution in [0.4, 0.5) is 0 Å². The van der Waals surface area contributed by atoms with Crippen LogP contribution in [0.3, 0.4) is 0 Å². The average molecular weight is 132 g/mol. The molecule has 0 bridgehead atoms. The first-order chi connectivity index (χ1) is 3.98. The Morgan fingerprint density at radius 1 is 1.67 bits per heavy atom. The lowest BCUT2D eigenvalue weighted by molar-refractivity contribution is 0.120. The Labute approximate surface area is 54.2 Å². The Morgan fingerprint density at radius 2 is 2.11 bits per heavy atom. The van der Waals surface area contributed by atoms with Gasteiger partial charge in [-0.05, 0) is 25.9 Å². The molecule has 2 N–H and O–H groups in total. The highest BCUT2D eigenvalue weighted by molar-refractivity contribution is 4.72. The first kappa shape index (κ1) is 8.52. The number of hydrogen-bond acceptors (Lipinski definition) is 4. The van der Waals surface area contributed by atoms with Crippen molar-refractivity contribution in [3.63, 3.8) is 0 Å². The molecule has 0 aliphatic rings. The summed E-state index contributed by atoms with van der Waals surface area (Å²) < 4.78 is 0. The number of rotatable bonds is 3. The molecular formula is C5H12N2O2. The van der Waals surface area contributed by atoms with E-state index in [-0.39, 0.29) is 0 Å². The van der Waals surface area contributed by atoms with E-state index in [9.17, 15) is 4.91 Å². The molecule has 0 heterocycles. The second kappa shape index (κ2) is 2.89. The Bertz CT molecular complexity index is 101. The first-order valence-corrected chi connectivity index (χ1v) is 2.78. The van der Waals surface area contributed by atoms with Crippen LogP contribution in [0.15, 0.2) is 5.18 Å². The SMILES string of the molecule is CC(O)NC(C)(C)N=O. The lowest BCUT2D eigenvalue weighted by Gasteiger charge is -2.18. The Balaban J connectivity index is 3.71. The fourth-order valence-electron chi connectivity index (χ4n) is 0.538. The van der Waals surface area contributed by atoms with Crippen LogP contribution in [-0.4, -0.2) is 17.0 Å². The summed E-state index contributed by atoms with van der Waals surface area (Å²) in [6.45, 7) is 4.71. The molecule has 0 fully saturated rings. The van der Waals surface area contributed by atoms with Gasteiger partial charge >= 0.3 is 0 Å². The van der Waals surface area contributed by atoms with Gasteiger partial charge in [-0.3, -0.25) is 5.32 Å². The van der Waals surface area contributed by atoms with Gasteiger partial charge in [0.05, 0.1) is 0 Å². The van der Waals surface area contributed by atoms with Crippen molar-refractivity contribution in [3.05, 3.63) is 4.91 Å². The normalized spacial score (nSPS) is 15.1. The van der Waals surface area contributed by atoms with Crippen molar-refractivity contribution >= 4 is 0 Å². The Hall–Kier alpha value is -0.480. The minimum atomic E-state index is -0.867. The number of aliphatic hydroxyl groups excluding tert-OH is 1. The fourth-order valence-corrected chi connectivity index (χ4v) is 0.538. The molecular weight excluding hydrogens is 120 g/mol. The van der Waals surface area contributed by atoms with Gasteiger partial charge in [0.25, 0.3) is 0 Å². The van der Waals surface area contributed by atoms with Gasteiger partial charge in [-0.15, -0.1) is 4.91 Å². The number of nitrogens with zero attached hydrogens (tertiary/aromatic N) is 1. The molecule has 0 saturated carbocycles. The third-order valence-electron chi connectivity index (χ3n) is 0.790. The van der Waals surface area contributed by atoms with Crippen LogP contribution in [0.5, 0.6) is 0 Å². The highest BCUT2D eigenvalue weighted by atomic mass is 16.3. The summed E-state index contributed by atoms with van der Waals surface area (Å²) >= 11 is 0. The summed E-state index contributed by atoms with van der Waals surface area (Å²) in [5, 5.41) is 14.0. The summed E-state index contributed by atoms with van der Waals surface area (Å²) in [6, 6.07) is 0. The molecule has 0 rings (SSSR count). The molecule has 0 amide bonds. The predicted molar refractivity (Wildman–Crippen MR) is 34.7 cm³/mol. The fraction of sp³-hybridized carbons (Fsp3) is 1.00. The predicted octanol–water partition coefficient (Wildman–Crippen LogP) is 0.417. The van der Waals surface area contributed by atoms with Gasteiger partial charge in [-0.1, -0.05) is 0 Å². The average Bonchev–Trinajstić information content (AvgIpc) is 1.63. The van der Waals surface area contributed by atoms with Crippen LogP contribution in [0.2, 0.25) is 0 Å². The zero-order chi connectivity index (χ0) is 7.49. The Morgan fingerprint density at radius 3 is 2.22 bits per heavy atom. The molecule has 0 aliphatic carbocycles. The molecule has 0 aromatic rings. The number of aliphatic hydroxyl groups is 1. The molecule has 9 heavy (non-hydrogen) atoms. The van der Waals surface area contributed by atoms with Crippen molar-refractivity contribution in [2.75, 3.05) is 0 Å². The van der Waals surface area contributed by atoms with Gasteiger partial charge in [-0.2, -0.15) is 0 Å². The summed E-state index contributed by atoms with van der Waals surface area (Å²) in [5.74, 6) is 0. The lowest BCUT2D eigenvalue weighted by atomic mass is 10.2. The first-order valence-electron chi connectivity index (χ1n) is 2.78. The van der Waals surface area contributed by atoms with Crippen molar-refractivity contribution < 1.29 is 5.11 Å². The molecule has 1 atom stereocenters. The molecule has 0 aromatic carbocycles. The van der Waals surface area contributed by atoms with Crippen LogP contribution >= 0.6 is 0 Å². The minimum Gasteiger partial charge on any atom is -0.379 e. The van der Waals surface area contributed by atoms with E-state index in [2.05, 4.69) is 10.5 Å². The topological polar surface area (TPSA) is 61.7 Å². The van der Waals surface area contributed by atoms with Gasteiger partial charge in [0, 0.05) is 0 Å². The van der Waals surface area contributed by atoms with Gasteiger partial charge in [-0.25, -0.2) is 0 Å². The number of nitroso groups, excluding NO2 is 1. The summed E-state index contributed by atoms with van der Waals surface area (Å²) in [5.41, 5.74) is -0.867. The summed E-state index contributed by atoms with van der Waals surface area (Å²) in [7, 11) is 0. The van der Waals surface area contributed by atoms with Crippen LogP contribution in [0.25, 0.3) is 0 Å². The highest BCUT2D eigenvalue weighted by Gasteiger charge is 2.18. The van der Waals surface area contributed by atoms with Gasteiger partial charge in [0.2, 0.25) is 0 Å². The molecule has 54 valence electrons. The molecule has 1 unspecified atom stereocenters. The molecule has 0 spiro atoms. The van der Waals surface area contributed by atoms with Crippen molar-refractivity contribution in [2.24, 2.45) is 5.18 Å². The maximum absolute atomic E-state index is 9.94. The third kappa shape index (κ3) is 4.05. The maximum Gasteiger partial charge on any atom is 0.149 e. The van der Waals surface area contributed by atoms with Crippen molar-refractivity contribution in [1.82, 2.24) is 5.32 Å². The van der Waals surface area contributed by atoms with Crippen molar-refractivity contribution in [1.29, 1.82) is 0 Å². The molecule has 0 radical (unpaired) electrons. The zero-order valence-electron chi connectivity index (χ0n) is 5.88. The zero-order valence-corrected chi connectivity index (χ0v) is 5.88. The summed E-state index contributed by atoms with van der Waals surface area (Å²) in [4.78, 5) is 9.94. The van der Waals surface area contributed by atoms with E-state index >= 15 is 0 Å². The number of hydrogen-bond donors (Lipinski definition) is 2. The molecule has 0 aliphatic heterocycles. The highest BCUT2D eigenvalue weighted by Crippen LogP contribution is 2.02. The molecule has 4 heteroatoms. The van der Waals surface area contributed by atoms with E-state index in [0.29, 0.717) is 0 Å². The van der Waals surface area contributed by atoms with E-state index < -0.39 is 11.9 Å². The Kier molecular flexibility index (Phi) is 2.73. The van der Waals surface area contributed by atoms with Gasteiger partial charge < -0.3 is 5.11 Å². The maximum atomic E-state index is 9.94. The minimum absolute atomic E-state index is 0.697. The molecule has 0 saturated heterocycles. The second-order valence-electron chi connectivity index (χ2n) is 2.47. The monoisotopic (exact) mass is 132 g/mol. The van der Waals surface area contributed by atoms with Crippen molar-refractivity contribution in [2.45, 2.75) is 32.7 Å². The van der Waals surface area contributed by atoms with E-state index in [1.165, 1.54) is 6.92 Å². The molecule has 0 aromatic heterocycles. The standard InChI is InChI=1S/C5H12N2O2/c1-4(8)6-5(2,3)7-9/h4,6,8H,1-3H3. The van der Waals surface area contributed by atoms with E-state index in [4.69, 9.17) is 5.11 Å². The third-order valence-corrected chi connectivity index (χ3v) is 0.790. The van der Waals surface area contributed by atoms with E-state index in [1.54, 1.807) is 13.8 Å². The van der Waals surface area contributed by atoms with Gasteiger partial charge in [0.1, 0.15) is 11.9 Å². The quantitative estimate of drug-likeness (QED) is 0.432. The summed E-state index contributed by atoms with van der Waals surface area (Å²) in [6.07, 6.45) is -0.697.